The van der Waals surface area contributed by atoms with Crippen LogP contribution in [0.5, 0.6) is 5.75 Å². The maximum atomic E-state index is 9.96. The second-order valence-corrected chi connectivity index (χ2v) is 6.11. The number of nitrogens with one attached hydrogen (secondary N) is 1. The Kier molecular flexibility index (Phi) is 8.19. The van der Waals surface area contributed by atoms with Crippen molar-refractivity contribution in [2.45, 2.75) is 45.8 Å². The van der Waals surface area contributed by atoms with E-state index in [0.717, 1.165) is 23.1 Å². The molecule has 0 aliphatic heterocycles. The highest BCUT2D eigenvalue weighted by atomic mass is 79.9. The minimum absolute atomic E-state index is 0.305. The molecule has 3 nitrogen and oxygen atoms in total. The molecule has 0 aliphatic carbocycles. The fourth-order valence-electron chi connectivity index (χ4n) is 2.29. The van der Waals surface area contributed by atoms with E-state index in [9.17, 15) is 5.11 Å². The zero-order valence-corrected chi connectivity index (χ0v) is 14.2. The Balaban J connectivity index is 2.28. The van der Waals surface area contributed by atoms with Crippen LogP contribution in [-0.4, -0.2) is 30.4 Å². The van der Waals surface area contributed by atoms with E-state index in [1.54, 1.807) is 0 Å². The topological polar surface area (TPSA) is 41.5 Å². The van der Waals surface area contributed by atoms with Crippen LogP contribution >= 0.6 is 15.9 Å². The van der Waals surface area contributed by atoms with Gasteiger partial charge in [-0.15, -0.1) is 0 Å². The third kappa shape index (κ3) is 6.25. The zero-order chi connectivity index (χ0) is 15.0. The van der Waals surface area contributed by atoms with Crippen molar-refractivity contribution in [1.82, 2.24) is 5.32 Å². The summed E-state index contributed by atoms with van der Waals surface area (Å²) in [5.74, 6) is 1.43. The predicted octanol–water partition coefficient (Wildman–Crippen LogP) is 3.60. The van der Waals surface area contributed by atoms with Crippen LogP contribution in [0.25, 0.3) is 0 Å². The molecule has 0 saturated heterocycles. The molecular formula is C16H26BrNO2. The van der Waals surface area contributed by atoms with Gasteiger partial charge < -0.3 is 15.2 Å². The summed E-state index contributed by atoms with van der Waals surface area (Å²) < 4.78 is 6.55. The number of benzene rings is 1. The van der Waals surface area contributed by atoms with Crippen molar-refractivity contribution in [3.05, 3.63) is 28.7 Å². The number of aliphatic hydroxyl groups is 1. The fourth-order valence-corrected chi connectivity index (χ4v) is 2.67. The maximum absolute atomic E-state index is 9.96. The minimum Gasteiger partial charge on any atom is -0.491 e. The third-order valence-corrected chi connectivity index (χ3v) is 4.16. The van der Waals surface area contributed by atoms with Gasteiger partial charge in [0.25, 0.3) is 0 Å². The van der Waals surface area contributed by atoms with Crippen molar-refractivity contribution in [3.63, 3.8) is 0 Å². The molecule has 2 N–H and O–H groups in total. The number of aliphatic hydroxyl groups excluding tert-OH is 1. The van der Waals surface area contributed by atoms with Crippen LogP contribution < -0.4 is 10.1 Å². The SMILES string of the molecule is CCC(CC)C(C)NCC(O)COc1cccc(Br)c1. The summed E-state index contributed by atoms with van der Waals surface area (Å²) in [5, 5.41) is 13.3. The van der Waals surface area contributed by atoms with Gasteiger partial charge in [-0.05, 0) is 31.0 Å². The van der Waals surface area contributed by atoms with Crippen molar-refractivity contribution < 1.29 is 9.84 Å². The van der Waals surface area contributed by atoms with Crippen molar-refractivity contribution in [2.75, 3.05) is 13.2 Å². The lowest BCUT2D eigenvalue weighted by Gasteiger charge is -2.24. The molecule has 0 bridgehead atoms. The first-order chi connectivity index (χ1) is 9.56. The van der Waals surface area contributed by atoms with Crippen LogP contribution in [0.2, 0.25) is 0 Å². The summed E-state index contributed by atoms with van der Waals surface area (Å²) in [7, 11) is 0. The first kappa shape index (κ1) is 17.5. The van der Waals surface area contributed by atoms with E-state index in [1.807, 2.05) is 24.3 Å². The van der Waals surface area contributed by atoms with E-state index < -0.39 is 6.10 Å². The van der Waals surface area contributed by atoms with Crippen molar-refractivity contribution in [3.8, 4) is 5.75 Å². The molecule has 1 aromatic rings. The summed E-state index contributed by atoms with van der Waals surface area (Å²) in [5.41, 5.74) is 0. The van der Waals surface area contributed by atoms with Crippen LogP contribution in [0.4, 0.5) is 0 Å². The zero-order valence-electron chi connectivity index (χ0n) is 12.6. The van der Waals surface area contributed by atoms with Gasteiger partial charge in [-0.2, -0.15) is 0 Å². The molecule has 114 valence electrons. The highest BCUT2D eigenvalue weighted by Gasteiger charge is 2.14. The van der Waals surface area contributed by atoms with Gasteiger partial charge in [-0.3, -0.25) is 0 Å². The fraction of sp³-hybridized carbons (Fsp3) is 0.625. The van der Waals surface area contributed by atoms with E-state index in [4.69, 9.17) is 4.74 Å². The quantitative estimate of drug-likeness (QED) is 0.719. The first-order valence-corrected chi connectivity index (χ1v) is 8.15. The summed E-state index contributed by atoms with van der Waals surface area (Å²) in [6.07, 6.45) is 1.83. The molecule has 4 heteroatoms. The number of hydrogen-bond acceptors (Lipinski definition) is 3. The molecule has 1 aromatic carbocycles. The lowest BCUT2D eigenvalue weighted by Crippen LogP contribution is -2.40. The van der Waals surface area contributed by atoms with E-state index in [0.29, 0.717) is 25.1 Å². The standard InChI is InChI=1S/C16H26BrNO2/c1-4-13(5-2)12(3)18-10-15(19)11-20-16-8-6-7-14(17)9-16/h6-9,12-13,15,18-19H,4-5,10-11H2,1-3H3. The predicted molar refractivity (Wildman–Crippen MR) is 87.2 cm³/mol. The van der Waals surface area contributed by atoms with Crippen LogP contribution in [0.15, 0.2) is 28.7 Å². The largest absolute Gasteiger partial charge is 0.491 e. The molecule has 1 rings (SSSR count). The van der Waals surface area contributed by atoms with Crippen LogP contribution in [0, 0.1) is 5.92 Å². The molecule has 0 radical (unpaired) electrons. The molecule has 0 saturated carbocycles. The molecule has 0 heterocycles. The number of halogens is 1. The lowest BCUT2D eigenvalue weighted by molar-refractivity contribution is 0.101. The average Bonchev–Trinajstić information content (AvgIpc) is 2.44. The summed E-state index contributed by atoms with van der Waals surface area (Å²) >= 11 is 3.40. The van der Waals surface area contributed by atoms with E-state index in [-0.39, 0.29) is 0 Å². The second-order valence-electron chi connectivity index (χ2n) is 5.20. The minimum atomic E-state index is -0.495. The van der Waals surface area contributed by atoms with Gasteiger partial charge in [-0.25, -0.2) is 0 Å². The summed E-state index contributed by atoms with van der Waals surface area (Å²) in [6, 6.07) is 8.07. The Morgan fingerprint density at radius 2 is 2.00 bits per heavy atom. The molecule has 20 heavy (non-hydrogen) atoms. The van der Waals surface area contributed by atoms with Gasteiger partial charge in [0.15, 0.2) is 0 Å². The molecule has 0 aliphatic rings. The highest BCUT2D eigenvalue weighted by Crippen LogP contribution is 2.18. The Morgan fingerprint density at radius 3 is 2.60 bits per heavy atom. The van der Waals surface area contributed by atoms with E-state index in [2.05, 4.69) is 42.0 Å². The van der Waals surface area contributed by atoms with E-state index in [1.165, 1.54) is 0 Å². The summed E-state index contributed by atoms with van der Waals surface area (Å²) in [6.45, 7) is 7.46. The molecule has 0 spiro atoms. The van der Waals surface area contributed by atoms with Gasteiger partial charge in [0.05, 0.1) is 0 Å². The van der Waals surface area contributed by atoms with Gasteiger partial charge in [-0.1, -0.05) is 48.7 Å². The first-order valence-electron chi connectivity index (χ1n) is 7.36. The molecular weight excluding hydrogens is 318 g/mol. The third-order valence-electron chi connectivity index (χ3n) is 3.67. The highest BCUT2D eigenvalue weighted by molar-refractivity contribution is 9.10. The number of ether oxygens (including phenoxy) is 1. The van der Waals surface area contributed by atoms with Crippen LogP contribution in [-0.2, 0) is 0 Å². The summed E-state index contributed by atoms with van der Waals surface area (Å²) in [4.78, 5) is 0. The van der Waals surface area contributed by atoms with Gasteiger partial charge in [0, 0.05) is 17.1 Å². The van der Waals surface area contributed by atoms with E-state index >= 15 is 0 Å². The monoisotopic (exact) mass is 343 g/mol. The maximum Gasteiger partial charge on any atom is 0.120 e. The van der Waals surface area contributed by atoms with Crippen molar-refractivity contribution in [2.24, 2.45) is 5.92 Å². The Bertz CT molecular complexity index is 382. The Labute approximate surface area is 130 Å². The van der Waals surface area contributed by atoms with Crippen molar-refractivity contribution in [1.29, 1.82) is 0 Å². The molecule has 0 amide bonds. The van der Waals surface area contributed by atoms with Gasteiger partial charge >= 0.3 is 0 Å². The number of rotatable bonds is 9. The lowest BCUT2D eigenvalue weighted by atomic mass is 9.95. The molecule has 2 unspecified atom stereocenters. The second kappa shape index (κ2) is 9.37. The van der Waals surface area contributed by atoms with Gasteiger partial charge in [0.1, 0.15) is 18.5 Å². The van der Waals surface area contributed by atoms with Crippen molar-refractivity contribution >= 4 is 15.9 Å². The Morgan fingerprint density at radius 1 is 1.30 bits per heavy atom. The van der Waals surface area contributed by atoms with Crippen LogP contribution in [0.3, 0.4) is 0 Å². The smallest absolute Gasteiger partial charge is 0.120 e. The Hall–Kier alpha value is -0.580. The normalized spacial score (nSPS) is 14.3. The number of hydrogen-bond donors (Lipinski definition) is 2. The molecule has 0 aromatic heterocycles. The molecule has 0 fully saturated rings. The molecule has 2 atom stereocenters. The van der Waals surface area contributed by atoms with Gasteiger partial charge in [0.2, 0.25) is 0 Å². The average molecular weight is 344 g/mol. The van der Waals surface area contributed by atoms with Crippen LogP contribution in [0.1, 0.15) is 33.6 Å².